The van der Waals surface area contributed by atoms with Crippen molar-refractivity contribution in [3.8, 4) is 0 Å². The largest absolute Gasteiger partial charge is 0.464 e. The highest BCUT2D eigenvalue weighted by Gasteiger charge is 2.61. The Morgan fingerprint density at radius 3 is 2.73 bits per heavy atom. The van der Waals surface area contributed by atoms with Gasteiger partial charge in [-0.15, -0.1) is 6.58 Å². The zero-order valence-corrected chi connectivity index (χ0v) is 19.2. The highest BCUT2D eigenvalue weighted by molar-refractivity contribution is 6.45. The zero-order valence-electron chi connectivity index (χ0n) is 19.2. The van der Waals surface area contributed by atoms with Gasteiger partial charge >= 0.3 is 13.0 Å². The zero-order chi connectivity index (χ0) is 23.6. The van der Waals surface area contributed by atoms with Crippen LogP contribution in [0.15, 0.2) is 55.1 Å². The number of rotatable bonds is 9. The number of hydrogen-bond donors (Lipinski definition) is 2. The molecule has 2 aliphatic rings. The van der Waals surface area contributed by atoms with E-state index in [1.165, 1.54) is 5.39 Å². The highest BCUT2D eigenvalue weighted by Crippen LogP contribution is 2.45. The SMILES string of the molecule is C=CC1CC1(NC(=O)[C@@H]1C[C@@H](OCc2ccc3ccccc3c2)CN1B(C)O)C(=O)OCC. The van der Waals surface area contributed by atoms with Crippen LogP contribution in [0.2, 0.25) is 6.82 Å². The first-order chi connectivity index (χ1) is 15.9. The fraction of sp³-hybridized carbons (Fsp3) is 0.440. The summed E-state index contributed by atoms with van der Waals surface area (Å²) in [5.74, 6) is -0.888. The van der Waals surface area contributed by atoms with Crippen LogP contribution in [-0.2, 0) is 25.7 Å². The molecule has 2 aromatic rings. The molecule has 2 unspecified atom stereocenters. The summed E-state index contributed by atoms with van der Waals surface area (Å²) >= 11 is 0. The molecule has 33 heavy (non-hydrogen) atoms. The average Bonchev–Trinajstić information content (AvgIpc) is 3.35. The minimum Gasteiger partial charge on any atom is -0.464 e. The molecule has 0 aromatic heterocycles. The maximum atomic E-state index is 13.2. The van der Waals surface area contributed by atoms with E-state index in [0.29, 0.717) is 26.0 Å². The summed E-state index contributed by atoms with van der Waals surface area (Å²) in [6.07, 6.45) is 2.37. The molecule has 2 N–H and O–H groups in total. The number of carbonyl (C=O) groups is 2. The van der Waals surface area contributed by atoms with Crippen LogP contribution < -0.4 is 5.32 Å². The van der Waals surface area contributed by atoms with Crippen molar-refractivity contribution in [1.29, 1.82) is 0 Å². The van der Waals surface area contributed by atoms with E-state index in [4.69, 9.17) is 9.47 Å². The minimum atomic E-state index is -1.05. The molecule has 2 fully saturated rings. The van der Waals surface area contributed by atoms with E-state index in [0.717, 1.165) is 10.9 Å². The van der Waals surface area contributed by atoms with Gasteiger partial charge in [0, 0.05) is 12.5 Å². The summed E-state index contributed by atoms with van der Waals surface area (Å²) in [6, 6.07) is 13.8. The number of ether oxygens (including phenoxy) is 2. The van der Waals surface area contributed by atoms with Crippen LogP contribution in [0.5, 0.6) is 0 Å². The van der Waals surface area contributed by atoms with Crippen molar-refractivity contribution in [2.45, 2.75) is 50.9 Å². The normalized spacial score (nSPS) is 26.7. The lowest BCUT2D eigenvalue weighted by molar-refractivity contribution is -0.149. The lowest BCUT2D eigenvalue weighted by Crippen LogP contribution is -2.54. The third-order valence-electron chi connectivity index (χ3n) is 6.67. The minimum absolute atomic E-state index is 0.151. The third-order valence-corrected chi connectivity index (χ3v) is 6.67. The molecule has 2 aromatic carbocycles. The molecule has 0 radical (unpaired) electrons. The molecule has 1 aliphatic heterocycles. The fourth-order valence-electron chi connectivity index (χ4n) is 4.72. The Bertz CT molecular complexity index is 1040. The quantitative estimate of drug-likeness (QED) is 0.347. The van der Waals surface area contributed by atoms with Gasteiger partial charge in [-0.25, -0.2) is 4.79 Å². The van der Waals surface area contributed by atoms with Crippen molar-refractivity contribution in [1.82, 2.24) is 10.1 Å². The molecule has 0 spiro atoms. The van der Waals surface area contributed by atoms with Crippen molar-refractivity contribution in [2.75, 3.05) is 13.2 Å². The van der Waals surface area contributed by atoms with Gasteiger partial charge in [0.1, 0.15) is 5.54 Å². The maximum Gasteiger partial charge on any atom is 0.377 e. The second kappa shape index (κ2) is 9.67. The molecule has 8 heteroatoms. The van der Waals surface area contributed by atoms with Gasteiger partial charge in [0.2, 0.25) is 5.91 Å². The van der Waals surface area contributed by atoms with Crippen LogP contribution in [0, 0.1) is 5.92 Å². The standard InChI is InChI=1S/C25H31BN2O5/c1-4-20-14-25(20,24(30)32-5-2)27-23(29)22-13-21(15-28(22)26(3)31)33-16-17-10-11-18-8-6-7-9-19(18)12-17/h4,6-12,20-22,31H,1,5,13-16H2,2-3H3,(H,27,29)/t20?,21-,22+,25?/m1/s1. The molecule has 1 saturated carbocycles. The van der Waals surface area contributed by atoms with Gasteiger partial charge in [-0.2, -0.15) is 0 Å². The topological polar surface area (TPSA) is 88.1 Å². The predicted molar refractivity (Wildman–Crippen MR) is 127 cm³/mol. The Morgan fingerprint density at radius 2 is 2.06 bits per heavy atom. The molecule has 0 bridgehead atoms. The molecule has 1 amide bonds. The predicted octanol–water partition coefficient (Wildman–Crippen LogP) is 2.53. The first-order valence-electron chi connectivity index (χ1n) is 11.5. The maximum absolute atomic E-state index is 13.2. The van der Waals surface area contributed by atoms with E-state index in [-0.39, 0.29) is 24.5 Å². The van der Waals surface area contributed by atoms with E-state index in [2.05, 4.69) is 36.2 Å². The van der Waals surface area contributed by atoms with E-state index < -0.39 is 24.6 Å². The number of nitrogens with one attached hydrogen (secondary N) is 1. The summed E-state index contributed by atoms with van der Waals surface area (Å²) in [5, 5.41) is 15.5. The monoisotopic (exact) mass is 450 g/mol. The summed E-state index contributed by atoms with van der Waals surface area (Å²) in [4.78, 5) is 27.4. The molecular formula is C25H31BN2O5. The van der Waals surface area contributed by atoms with Crippen molar-refractivity contribution >= 4 is 29.7 Å². The number of fused-ring (bicyclic) bond motifs is 1. The smallest absolute Gasteiger partial charge is 0.377 e. The van der Waals surface area contributed by atoms with Crippen LogP contribution in [0.25, 0.3) is 10.8 Å². The number of benzene rings is 2. The Kier molecular flexibility index (Phi) is 6.88. The summed E-state index contributed by atoms with van der Waals surface area (Å²) in [6.45, 7) is 8.23. The van der Waals surface area contributed by atoms with Crippen molar-refractivity contribution < 1.29 is 24.1 Å². The first kappa shape index (κ1) is 23.5. The molecule has 1 saturated heterocycles. The van der Waals surface area contributed by atoms with Crippen LogP contribution in [0.4, 0.5) is 0 Å². The Hall–Kier alpha value is -2.68. The summed E-state index contributed by atoms with van der Waals surface area (Å²) in [7, 11) is -0.817. The van der Waals surface area contributed by atoms with Crippen molar-refractivity contribution in [3.05, 3.63) is 60.7 Å². The molecule has 4 atom stereocenters. The van der Waals surface area contributed by atoms with Gasteiger partial charge in [-0.05, 0) is 49.0 Å². The third kappa shape index (κ3) is 4.83. The van der Waals surface area contributed by atoms with Crippen LogP contribution in [-0.4, -0.2) is 59.6 Å². The first-order valence-corrected chi connectivity index (χ1v) is 11.5. The highest BCUT2D eigenvalue weighted by atomic mass is 16.5. The van der Waals surface area contributed by atoms with Gasteiger partial charge < -0.3 is 24.6 Å². The fourth-order valence-corrected chi connectivity index (χ4v) is 4.72. The number of hydrogen-bond acceptors (Lipinski definition) is 6. The molecule has 4 rings (SSSR count). The van der Waals surface area contributed by atoms with E-state index >= 15 is 0 Å². The van der Waals surface area contributed by atoms with E-state index in [9.17, 15) is 14.6 Å². The Morgan fingerprint density at radius 1 is 1.30 bits per heavy atom. The Balaban J connectivity index is 1.41. The van der Waals surface area contributed by atoms with Gasteiger partial charge in [-0.1, -0.05) is 42.5 Å². The number of esters is 1. The number of amides is 1. The number of carbonyl (C=O) groups excluding carboxylic acids is 2. The van der Waals surface area contributed by atoms with Gasteiger partial charge in [0.05, 0.1) is 25.4 Å². The van der Waals surface area contributed by atoms with Crippen molar-refractivity contribution in [2.24, 2.45) is 5.92 Å². The lowest BCUT2D eigenvalue weighted by atomic mass is 9.84. The van der Waals surface area contributed by atoms with Crippen LogP contribution >= 0.6 is 0 Å². The van der Waals surface area contributed by atoms with Gasteiger partial charge in [-0.3, -0.25) is 4.79 Å². The van der Waals surface area contributed by atoms with E-state index in [1.54, 1.807) is 24.6 Å². The second-order valence-corrected chi connectivity index (χ2v) is 8.92. The van der Waals surface area contributed by atoms with Crippen LogP contribution in [0.3, 0.4) is 0 Å². The Labute approximate surface area is 194 Å². The molecular weight excluding hydrogens is 419 g/mol. The summed E-state index contributed by atoms with van der Waals surface area (Å²) in [5.41, 5.74) is 0.00162. The van der Waals surface area contributed by atoms with Crippen molar-refractivity contribution in [3.63, 3.8) is 0 Å². The van der Waals surface area contributed by atoms with Gasteiger partial charge in [0.15, 0.2) is 0 Å². The van der Waals surface area contributed by atoms with E-state index in [1.807, 2.05) is 18.2 Å². The molecule has 7 nitrogen and oxygen atoms in total. The lowest BCUT2D eigenvalue weighted by Gasteiger charge is -2.26. The average molecular weight is 450 g/mol. The molecule has 1 aliphatic carbocycles. The molecule has 1 heterocycles. The van der Waals surface area contributed by atoms with Crippen LogP contribution in [0.1, 0.15) is 25.3 Å². The second-order valence-electron chi connectivity index (χ2n) is 8.92. The summed E-state index contributed by atoms with van der Waals surface area (Å²) < 4.78 is 11.3. The number of nitrogens with zero attached hydrogens (tertiary/aromatic N) is 1. The van der Waals surface area contributed by atoms with Gasteiger partial charge in [0.25, 0.3) is 0 Å². The molecule has 174 valence electrons.